The van der Waals surface area contributed by atoms with Crippen LogP contribution in [0.2, 0.25) is 5.02 Å². The third kappa shape index (κ3) is 4.57. The monoisotopic (exact) mass is 456 g/mol. The minimum atomic E-state index is -4.07. The van der Waals surface area contributed by atoms with Gasteiger partial charge in [0.25, 0.3) is 15.9 Å². The lowest BCUT2D eigenvalue weighted by Crippen LogP contribution is -2.33. The van der Waals surface area contributed by atoms with Crippen molar-refractivity contribution in [3.05, 3.63) is 64.8 Å². The van der Waals surface area contributed by atoms with Gasteiger partial charge in [0.1, 0.15) is 16.4 Å². The minimum Gasteiger partial charge on any atom is -0.435 e. The molecule has 1 N–H and O–H groups in total. The van der Waals surface area contributed by atoms with Crippen LogP contribution >= 0.6 is 11.6 Å². The number of ether oxygens (including phenoxy) is 1. The summed E-state index contributed by atoms with van der Waals surface area (Å²) in [6.07, 6.45) is 1.23. The lowest BCUT2D eigenvalue weighted by molar-refractivity contribution is -0.122. The molecule has 0 spiro atoms. The van der Waals surface area contributed by atoms with Crippen molar-refractivity contribution < 1.29 is 26.7 Å². The summed E-state index contributed by atoms with van der Waals surface area (Å²) in [6.45, 7) is -1.01. The fourth-order valence-corrected chi connectivity index (χ4v) is 4.82. The molecule has 2 aromatic carbocycles. The van der Waals surface area contributed by atoms with Crippen LogP contribution in [0, 0.1) is 0 Å². The first-order valence-electron chi connectivity index (χ1n) is 9.13. The fraction of sp³-hybridized carbons (Fsp3) is 0.250. The van der Waals surface area contributed by atoms with Crippen LogP contribution in [0.25, 0.3) is 4.91 Å². The number of rotatable bonds is 8. The fourth-order valence-electron chi connectivity index (χ4n) is 2.96. The number of alkyl halides is 2. The lowest BCUT2D eigenvalue weighted by Gasteiger charge is -2.16. The number of halogens is 3. The van der Waals surface area contributed by atoms with Gasteiger partial charge in [-0.1, -0.05) is 37.1 Å². The standard InChI is InChI=1S/C20H19ClF2N2O4S/c1-2-3-12-25-19(26)17(24-15-8-10-16(11-9-15)29-20(22)23)18(30(25,27)28)13-4-6-14(21)7-5-13/h4-11,20,24H,2-3,12H2,1H3. The molecule has 30 heavy (non-hydrogen) atoms. The van der Waals surface area contributed by atoms with Crippen molar-refractivity contribution in [2.24, 2.45) is 0 Å². The molecule has 6 nitrogen and oxygen atoms in total. The number of hydrogen-bond acceptors (Lipinski definition) is 5. The average Bonchev–Trinajstić information content (AvgIpc) is 2.87. The first-order valence-corrected chi connectivity index (χ1v) is 10.9. The number of hydrogen-bond donors (Lipinski definition) is 1. The van der Waals surface area contributed by atoms with Gasteiger partial charge >= 0.3 is 6.61 Å². The molecule has 0 aliphatic carbocycles. The van der Waals surface area contributed by atoms with Crippen LogP contribution in [0.4, 0.5) is 14.5 Å². The quantitative estimate of drug-likeness (QED) is 0.623. The molecule has 1 amide bonds. The first-order chi connectivity index (χ1) is 14.2. The molecule has 3 rings (SSSR count). The zero-order valence-corrected chi connectivity index (χ0v) is 17.5. The summed E-state index contributed by atoms with van der Waals surface area (Å²) in [5.41, 5.74) is 0.543. The number of amides is 1. The van der Waals surface area contributed by atoms with E-state index in [1.165, 1.54) is 48.5 Å². The van der Waals surface area contributed by atoms with Crippen LogP contribution < -0.4 is 10.1 Å². The molecular formula is C20H19ClF2N2O4S. The van der Waals surface area contributed by atoms with Crippen LogP contribution in [-0.2, 0) is 14.8 Å². The second kappa shape index (κ2) is 9.01. The Hall–Kier alpha value is -2.65. The van der Waals surface area contributed by atoms with Crippen molar-refractivity contribution in [1.82, 2.24) is 4.31 Å². The Labute approximate surface area is 178 Å². The molecule has 0 unspecified atom stereocenters. The van der Waals surface area contributed by atoms with Crippen molar-refractivity contribution in [1.29, 1.82) is 0 Å². The second-order valence-electron chi connectivity index (χ2n) is 6.47. The molecular weight excluding hydrogens is 438 g/mol. The number of unbranched alkanes of at least 4 members (excludes halogenated alkanes) is 1. The van der Waals surface area contributed by atoms with Crippen molar-refractivity contribution >= 4 is 38.1 Å². The molecule has 0 saturated carbocycles. The van der Waals surface area contributed by atoms with Gasteiger partial charge in [-0.15, -0.1) is 0 Å². The molecule has 0 atom stereocenters. The van der Waals surface area contributed by atoms with Gasteiger partial charge in [-0.2, -0.15) is 8.78 Å². The molecule has 0 fully saturated rings. The van der Waals surface area contributed by atoms with Gasteiger partial charge in [0.2, 0.25) is 0 Å². The van der Waals surface area contributed by atoms with E-state index in [1.807, 2.05) is 6.92 Å². The summed E-state index contributed by atoms with van der Waals surface area (Å²) in [6, 6.07) is 11.5. The third-order valence-corrected chi connectivity index (χ3v) is 6.52. The number of nitrogens with zero attached hydrogens (tertiary/aromatic N) is 1. The summed E-state index contributed by atoms with van der Waals surface area (Å²) in [7, 11) is -4.07. The average molecular weight is 457 g/mol. The van der Waals surface area contributed by atoms with Crippen LogP contribution in [-0.4, -0.2) is 31.8 Å². The predicted octanol–water partition coefficient (Wildman–Crippen LogP) is 4.69. The molecule has 0 bridgehead atoms. The molecule has 1 aliphatic heterocycles. The van der Waals surface area contributed by atoms with Crippen molar-refractivity contribution in [2.45, 2.75) is 26.4 Å². The number of anilines is 1. The smallest absolute Gasteiger partial charge is 0.387 e. The summed E-state index contributed by atoms with van der Waals surface area (Å²) in [5, 5.41) is 3.25. The Morgan fingerprint density at radius 3 is 2.30 bits per heavy atom. The topological polar surface area (TPSA) is 75.7 Å². The van der Waals surface area contributed by atoms with Gasteiger partial charge in [0.15, 0.2) is 0 Å². The molecule has 1 aliphatic rings. The van der Waals surface area contributed by atoms with Crippen LogP contribution in [0.1, 0.15) is 25.3 Å². The van der Waals surface area contributed by atoms with Gasteiger partial charge < -0.3 is 10.1 Å². The Balaban J connectivity index is 2.02. The van der Waals surface area contributed by atoms with Crippen LogP contribution in [0.15, 0.2) is 54.2 Å². The number of carbonyl (C=O) groups is 1. The van der Waals surface area contributed by atoms with E-state index in [1.54, 1.807) is 0 Å². The highest BCUT2D eigenvalue weighted by atomic mass is 35.5. The van der Waals surface area contributed by atoms with E-state index in [0.29, 0.717) is 29.1 Å². The highest BCUT2D eigenvalue weighted by Crippen LogP contribution is 2.37. The Kier molecular flexibility index (Phi) is 6.62. The summed E-state index contributed by atoms with van der Waals surface area (Å²) < 4.78 is 56.1. The molecule has 10 heteroatoms. The Morgan fingerprint density at radius 1 is 1.10 bits per heavy atom. The van der Waals surface area contributed by atoms with E-state index in [4.69, 9.17) is 11.6 Å². The maximum atomic E-state index is 13.1. The zero-order chi connectivity index (χ0) is 21.9. The van der Waals surface area contributed by atoms with Crippen molar-refractivity contribution in [2.75, 3.05) is 11.9 Å². The molecule has 0 radical (unpaired) electrons. The van der Waals surface area contributed by atoms with Crippen LogP contribution in [0.5, 0.6) is 5.75 Å². The SMILES string of the molecule is CCCCN1C(=O)C(Nc2ccc(OC(F)F)cc2)=C(c2ccc(Cl)cc2)S1(=O)=O. The van der Waals surface area contributed by atoms with E-state index in [-0.39, 0.29) is 22.9 Å². The Morgan fingerprint density at radius 2 is 1.73 bits per heavy atom. The minimum absolute atomic E-state index is 0.0566. The summed E-state index contributed by atoms with van der Waals surface area (Å²) >= 11 is 5.91. The first kappa shape index (κ1) is 22.0. The van der Waals surface area contributed by atoms with Crippen LogP contribution in [0.3, 0.4) is 0 Å². The van der Waals surface area contributed by atoms with E-state index in [0.717, 1.165) is 4.31 Å². The summed E-state index contributed by atoms with van der Waals surface area (Å²) in [5.74, 6) is -0.737. The van der Waals surface area contributed by atoms with Crippen molar-refractivity contribution in [3.63, 3.8) is 0 Å². The predicted molar refractivity (Wildman–Crippen MR) is 111 cm³/mol. The normalized spacial score (nSPS) is 15.8. The van der Waals surface area contributed by atoms with E-state index in [2.05, 4.69) is 10.1 Å². The molecule has 2 aromatic rings. The van der Waals surface area contributed by atoms with Gasteiger partial charge in [0.05, 0.1) is 0 Å². The highest BCUT2D eigenvalue weighted by molar-refractivity contribution is 7.99. The number of benzene rings is 2. The van der Waals surface area contributed by atoms with E-state index >= 15 is 0 Å². The molecule has 0 aromatic heterocycles. The maximum absolute atomic E-state index is 13.1. The van der Waals surface area contributed by atoms with Gasteiger partial charge in [0, 0.05) is 17.3 Å². The van der Waals surface area contributed by atoms with Gasteiger partial charge in [-0.05, 0) is 48.4 Å². The Bertz CT molecular complexity index is 1060. The summed E-state index contributed by atoms with van der Waals surface area (Å²) in [4.78, 5) is 12.8. The second-order valence-corrected chi connectivity index (χ2v) is 8.71. The largest absolute Gasteiger partial charge is 0.435 e. The molecule has 1 heterocycles. The number of sulfonamides is 1. The number of carbonyl (C=O) groups excluding carboxylic acids is 1. The zero-order valence-electron chi connectivity index (χ0n) is 15.9. The van der Waals surface area contributed by atoms with Crippen molar-refractivity contribution in [3.8, 4) is 5.75 Å². The van der Waals surface area contributed by atoms with Gasteiger partial charge in [-0.3, -0.25) is 4.79 Å². The molecule has 0 saturated heterocycles. The number of nitrogens with one attached hydrogen (secondary N) is 1. The lowest BCUT2D eigenvalue weighted by atomic mass is 10.1. The van der Waals surface area contributed by atoms with Gasteiger partial charge in [-0.25, -0.2) is 12.7 Å². The third-order valence-electron chi connectivity index (χ3n) is 4.39. The highest BCUT2D eigenvalue weighted by Gasteiger charge is 2.44. The van der Waals surface area contributed by atoms with E-state index in [9.17, 15) is 22.0 Å². The maximum Gasteiger partial charge on any atom is 0.387 e. The molecule has 160 valence electrons. The van der Waals surface area contributed by atoms with E-state index < -0.39 is 22.5 Å².